The van der Waals surface area contributed by atoms with Gasteiger partial charge >= 0.3 is 0 Å². The Hall–Kier alpha value is -3.44. The number of hydrogen-bond acceptors (Lipinski definition) is 7. The van der Waals surface area contributed by atoms with Gasteiger partial charge in [0.15, 0.2) is 5.69 Å². The average molecular weight is 445 g/mol. The summed E-state index contributed by atoms with van der Waals surface area (Å²) >= 11 is 0. The molecule has 10 nitrogen and oxygen atoms in total. The molecule has 0 radical (unpaired) electrons. The van der Waals surface area contributed by atoms with Crippen LogP contribution in [0.1, 0.15) is 65.6 Å². The van der Waals surface area contributed by atoms with Crippen molar-refractivity contribution in [1.82, 2.24) is 35.3 Å². The SMILES string of the molecule is O=C(CC1CC(F)(F)C1)NCc1ccn2cc(CNC(=O)c3nonc3C3CC3)nc2n1. The molecule has 0 unspecified atom stereocenters. The van der Waals surface area contributed by atoms with Crippen molar-refractivity contribution in [3.05, 3.63) is 41.2 Å². The lowest BCUT2D eigenvalue weighted by Crippen LogP contribution is -2.38. The highest BCUT2D eigenvalue weighted by Gasteiger charge is 2.45. The Kier molecular flexibility index (Phi) is 5.06. The molecule has 2 amide bonds. The maximum absolute atomic E-state index is 12.9. The number of imidazole rings is 1. The van der Waals surface area contributed by atoms with Crippen molar-refractivity contribution in [3.63, 3.8) is 0 Å². The summed E-state index contributed by atoms with van der Waals surface area (Å²) in [5.74, 6) is -2.87. The minimum atomic E-state index is -2.62. The van der Waals surface area contributed by atoms with Crippen LogP contribution < -0.4 is 10.6 Å². The Morgan fingerprint density at radius 3 is 2.62 bits per heavy atom. The van der Waals surface area contributed by atoms with E-state index in [1.54, 1.807) is 22.9 Å². The fraction of sp³-hybridized carbons (Fsp3) is 0.500. The molecule has 0 atom stereocenters. The molecule has 2 fully saturated rings. The zero-order valence-electron chi connectivity index (χ0n) is 17.1. The monoisotopic (exact) mass is 445 g/mol. The normalized spacial score (nSPS) is 17.8. The predicted octanol–water partition coefficient (Wildman–Crippen LogP) is 1.97. The molecule has 0 bridgehead atoms. The quantitative estimate of drug-likeness (QED) is 0.543. The fourth-order valence-corrected chi connectivity index (χ4v) is 3.83. The molecule has 3 aromatic heterocycles. The Balaban J connectivity index is 1.15. The van der Waals surface area contributed by atoms with Crippen LogP contribution in [0, 0.1) is 5.92 Å². The molecule has 2 aliphatic rings. The maximum atomic E-state index is 12.9. The van der Waals surface area contributed by atoms with Crippen molar-refractivity contribution in [2.24, 2.45) is 5.92 Å². The molecule has 0 saturated heterocycles. The van der Waals surface area contributed by atoms with Crippen LogP contribution in [0.4, 0.5) is 8.78 Å². The van der Waals surface area contributed by atoms with Crippen LogP contribution in [0.3, 0.4) is 0 Å². The molecule has 2 aliphatic carbocycles. The highest BCUT2D eigenvalue weighted by Crippen LogP contribution is 2.44. The number of aromatic nitrogens is 5. The summed E-state index contributed by atoms with van der Waals surface area (Å²) < 4.78 is 32.2. The standard InChI is InChI=1S/C20H21F2N7O3/c21-20(22)6-11(7-20)5-15(30)23-8-13-3-4-29-10-14(26-19(29)25-13)9-24-18(31)17-16(12-1-2-12)27-32-28-17/h3-4,10-12H,1-2,5-9H2,(H,23,30)(H,24,31). The minimum absolute atomic E-state index is 0.0918. The van der Waals surface area contributed by atoms with Gasteiger partial charge in [-0.2, -0.15) is 0 Å². The Morgan fingerprint density at radius 1 is 1.12 bits per heavy atom. The Bertz CT molecular complexity index is 1160. The molecule has 0 aromatic carbocycles. The summed E-state index contributed by atoms with van der Waals surface area (Å²) in [4.78, 5) is 33.1. The summed E-state index contributed by atoms with van der Waals surface area (Å²) in [5, 5.41) is 13.0. The number of carbonyl (C=O) groups excluding carboxylic acids is 2. The summed E-state index contributed by atoms with van der Waals surface area (Å²) in [6, 6.07) is 1.73. The van der Waals surface area contributed by atoms with Crippen LogP contribution in [0.5, 0.6) is 0 Å². The number of alkyl halides is 2. The van der Waals surface area contributed by atoms with Crippen LogP contribution in [0.25, 0.3) is 5.78 Å². The first-order valence-electron chi connectivity index (χ1n) is 10.4. The first-order chi connectivity index (χ1) is 15.4. The lowest BCUT2D eigenvalue weighted by atomic mass is 9.79. The number of amides is 2. The molecule has 32 heavy (non-hydrogen) atoms. The van der Waals surface area contributed by atoms with E-state index >= 15 is 0 Å². The minimum Gasteiger partial charge on any atom is -0.350 e. The molecular weight excluding hydrogens is 424 g/mol. The number of nitrogens with one attached hydrogen (secondary N) is 2. The van der Waals surface area contributed by atoms with Crippen molar-refractivity contribution in [2.75, 3.05) is 0 Å². The molecule has 168 valence electrons. The van der Waals surface area contributed by atoms with Crippen molar-refractivity contribution in [2.45, 2.75) is 57.0 Å². The average Bonchev–Trinajstić information content (AvgIpc) is 3.31. The number of rotatable bonds is 8. The van der Waals surface area contributed by atoms with Gasteiger partial charge in [-0.15, -0.1) is 0 Å². The van der Waals surface area contributed by atoms with Gasteiger partial charge in [-0.05, 0) is 30.0 Å². The molecule has 12 heteroatoms. The van der Waals surface area contributed by atoms with Crippen LogP contribution in [-0.4, -0.2) is 42.4 Å². The zero-order valence-corrected chi connectivity index (χ0v) is 17.1. The van der Waals surface area contributed by atoms with E-state index in [1.807, 2.05) is 0 Å². The van der Waals surface area contributed by atoms with Gasteiger partial charge in [-0.1, -0.05) is 5.16 Å². The van der Waals surface area contributed by atoms with Crippen molar-refractivity contribution in [1.29, 1.82) is 0 Å². The lowest BCUT2D eigenvalue weighted by Gasteiger charge is -2.34. The summed E-state index contributed by atoms with van der Waals surface area (Å²) in [7, 11) is 0. The van der Waals surface area contributed by atoms with Gasteiger partial charge in [-0.25, -0.2) is 23.4 Å². The smallest absolute Gasteiger partial charge is 0.275 e. The molecule has 2 N–H and O–H groups in total. The first kappa shape index (κ1) is 20.5. The summed E-state index contributed by atoms with van der Waals surface area (Å²) in [6.07, 6.45) is 5.08. The van der Waals surface area contributed by atoms with Crippen LogP contribution in [0.15, 0.2) is 23.1 Å². The van der Waals surface area contributed by atoms with Gasteiger partial charge in [-0.3, -0.25) is 14.0 Å². The van der Waals surface area contributed by atoms with Crippen molar-refractivity contribution >= 4 is 17.6 Å². The molecular formula is C20H21F2N7O3. The predicted molar refractivity (Wildman–Crippen MR) is 105 cm³/mol. The summed E-state index contributed by atoms with van der Waals surface area (Å²) in [5.41, 5.74) is 1.99. The third-order valence-electron chi connectivity index (χ3n) is 5.67. The third-order valence-corrected chi connectivity index (χ3v) is 5.67. The molecule has 3 aromatic rings. The van der Waals surface area contributed by atoms with Crippen LogP contribution in [-0.2, 0) is 17.9 Å². The van der Waals surface area contributed by atoms with Crippen LogP contribution >= 0.6 is 0 Å². The number of carbonyl (C=O) groups is 2. The molecule has 0 spiro atoms. The van der Waals surface area contributed by atoms with Crippen molar-refractivity contribution < 1.29 is 23.0 Å². The van der Waals surface area contributed by atoms with E-state index in [0.29, 0.717) is 22.9 Å². The molecule has 0 aliphatic heterocycles. The van der Waals surface area contributed by atoms with Gasteiger partial charge in [0.05, 0.1) is 24.5 Å². The topological polar surface area (TPSA) is 127 Å². The van der Waals surface area contributed by atoms with Crippen molar-refractivity contribution in [3.8, 4) is 0 Å². The first-order valence-corrected chi connectivity index (χ1v) is 10.4. The Morgan fingerprint density at radius 2 is 1.88 bits per heavy atom. The van der Waals surface area contributed by atoms with E-state index in [2.05, 4.69) is 30.9 Å². The third kappa shape index (κ3) is 4.43. The molecule has 2 saturated carbocycles. The van der Waals surface area contributed by atoms with E-state index < -0.39 is 5.92 Å². The van der Waals surface area contributed by atoms with E-state index in [9.17, 15) is 18.4 Å². The fourth-order valence-electron chi connectivity index (χ4n) is 3.83. The number of halogens is 2. The molecule has 5 rings (SSSR count). The second-order valence-corrected chi connectivity index (χ2v) is 8.42. The van der Waals surface area contributed by atoms with E-state index in [1.165, 1.54) is 0 Å². The van der Waals surface area contributed by atoms with Crippen LogP contribution in [0.2, 0.25) is 0 Å². The van der Waals surface area contributed by atoms with Gasteiger partial charge in [0.25, 0.3) is 5.91 Å². The van der Waals surface area contributed by atoms with E-state index in [-0.39, 0.29) is 61.7 Å². The summed E-state index contributed by atoms with van der Waals surface area (Å²) in [6.45, 7) is 0.359. The van der Waals surface area contributed by atoms with E-state index in [0.717, 1.165) is 12.8 Å². The number of fused-ring (bicyclic) bond motifs is 1. The van der Waals surface area contributed by atoms with Gasteiger partial charge in [0.1, 0.15) is 5.69 Å². The second-order valence-electron chi connectivity index (χ2n) is 8.42. The molecule has 3 heterocycles. The van der Waals surface area contributed by atoms with E-state index in [4.69, 9.17) is 4.63 Å². The largest absolute Gasteiger partial charge is 0.350 e. The second kappa shape index (κ2) is 7.92. The van der Waals surface area contributed by atoms with Gasteiger partial charge < -0.3 is 10.6 Å². The maximum Gasteiger partial charge on any atom is 0.275 e. The Labute approximate surface area is 180 Å². The number of nitrogens with zero attached hydrogens (tertiary/aromatic N) is 5. The van der Waals surface area contributed by atoms with Gasteiger partial charge in [0, 0.05) is 37.6 Å². The van der Waals surface area contributed by atoms with Gasteiger partial charge in [0.2, 0.25) is 17.6 Å². The zero-order chi connectivity index (χ0) is 22.3. The highest BCUT2D eigenvalue weighted by molar-refractivity contribution is 5.93. The number of hydrogen-bond donors (Lipinski definition) is 2. The highest BCUT2D eigenvalue weighted by atomic mass is 19.3. The lowest BCUT2D eigenvalue weighted by molar-refractivity contribution is -0.133.